The number of hydrogen-bond acceptors (Lipinski definition) is 6. The smallest absolute Gasteiger partial charge is 0.263 e. The normalized spacial score (nSPS) is 17.7. The summed E-state index contributed by atoms with van der Waals surface area (Å²) in [5, 5.41) is 10.3. The number of thioether (sulfide) groups is 1. The predicted octanol–water partition coefficient (Wildman–Crippen LogP) is 1.94. The van der Waals surface area contributed by atoms with E-state index in [0.29, 0.717) is 18.1 Å². The van der Waals surface area contributed by atoms with Crippen molar-refractivity contribution in [2.24, 2.45) is 0 Å². The Labute approximate surface area is 173 Å². The zero-order valence-electron chi connectivity index (χ0n) is 16.1. The molecule has 2 amide bonds. The highest BCUT2D eigenvalue weighted by Crippen LogP contribution is 2.34. The van der Waals surface area contributed by atoms with E-state index >= 15 is 0 Å². The lowest BCUT2D eigenvalue weighted by atomic mass is 10.2. The van der Waals surface area contributed by atoms with Crippen molar-refractivity contribution in [2.45, 2.75) is 37.0 Å². The van der Waals surface area contributed by atoms with Gasteiger partial charge in [0.05, 0.1) is 11.8 Å². The van der Waals surface area contributed by atoms with Crippen molar-refractivity contribution in [1.82, 2.24) is 15.1 Å². The van der Waals surface area contributed by atoms with E-state index in [4.69, 9.17) is 9.47 Å². The Morgan fingerprint density at radius 3 is 2.90 bits per heavy atom. The van der Waals surface area contributed by atoms with Crippen LogP contribution in [-0.2, 0) is 32.4 Å². The van der Waals surface area contributed by atoms with E-state index in [0.717, 1.165) is 42.2 Å². The van der Waals surface area contributed by atoms with Gasteiger partial charge in [0.2, 0.25) is 5.91 Å². The number of hydrogen-bond donors (Lipinski definition) is 2. The highest BCUT2D eigenvalue weighted by Gasteiger charge is 2.25. The molecule has 2 aliphatic rings. The molecule has 2 N–H and O–H groups in total. The number of para-hydroxylation sites is 1. The average Bonchev–Trinajstić information content (AvgIpc) is 3.46. The number of amides is 2. The molecule has 0 unspecified atom stereocenters. The second-order valence-corrected chi connectivity index (χ2v) is 8.00. The summed E-state index contributed by atoms with van der Waals surface area (Å²) in [5.74, 6) is 2.33. The quantitative estimate of drug-likeness (QED) is 0.683. The van der Waals surface area contributed by atoms with Gasteiger partial charge in [0, 0.05) is 30.2 Å². The second-order valence-electron chi connectivity index (χ2n) is 7.01. The molecule has 0 aliphatic carbocycles. The summed E-state index contributed by atoms with van der Waals surface area (Å²) >= 11 is 1.74. The fourth-order valence-corrected chi connectivity index (χ4v) is 4.41. The molecule has 1 atom stereocenters. The van der Waals surface area contributed by atoms with Gasteiger partial charge < -0.3 is 20.1 Å². The van der Waals surface area contributed by atoms with Crippen LogP contribution >= 0.6 is 11.8 Å². The molecule has 4 rings (SSSR count). The summed E-state index contributed by atoms with van der Waals surface area (Å²) in [6.07, 6.45) is 2.09. The van der Waals surface area contributed by atoms with Crippen LogP contribution in [0.1, 0.15) is 24.1 Å². The molecule has 1 fully saturated rings. The third-order valence-electron chi connectivity index (χ3n) is 4.83. The summed E-state index contributed by atoms with van der Waals surface area (Å²) in [7, 11) is 0. The van der Waals surface area contributed by atoms with Crippen molar-refractivity contribution in [1.29, 1.82) is 0 Å². The number of rotatable bonds is 8. The van der Waals surface area contributed by atoms with E-state index in [1.165, 1.54) is 0 Å². The van der Waals surface area contributed by atoms with Gasteiger partial charge in [-0.15, -0.1) is 0 Å². The summed E-state index contributed by atoms with van der Waals surface area (Å²) in [4.78, 5) is 24.8. The van der Waals surface area contributed by atoms with Gasteiger partial charge in [-0.2, -0.15) is 16.9 Å². The van der Waals surface area contributed by atoms with Gasteiger partial charge in [-0.1, -0.05) is 18.2 Å². The van der Waals surface area contributed by atoms with Crippen LogP contribution in [0.5, 0.6) is 5.75 Å². The van der Waals surface area contributed by atoms with Gasteiger partial charge in [0.15, 0.2) is 6.61 Å². The van der Waals surface area contributed by atoms with Crippen molar-refractivity contribution in [3.05, 3.63) is 41.6 Å². The van der Waals surface area contributed by atoms with E-state index in [1.54, 1.807) is 28.6 Å². The zero-order chi connectivity index (χ0) is 20.1. The summed E-state index contributed by atoms with van der Waals surface area (Å²) in [5.41, 5.74) is 1.90. The molecule has 0 saturated carbocycles. The number of nitrogens with one attached hydrogen (secondary N) is 2. The van der Waals surface area contributed by atoms with Crippen LogP contribution in [0, 0.1) is 0 Å². The van der Waals surface area contributed by atoms with E-state index in [9.17, 15) is 9.59 Å². The molecule has 2 aromatic rings. The molecule has 0 radical (unpaired) electrons. The molecule has 3 heterocycles. The van der Waals surface area contributed by atoms with Crippen molar-refractivity contribution in [3.63, 3.8) is 0 Å². The van der Waals surface area contributed by atoms with Crippen LogP contribution in [-0.4, -0.2) is 47.5 Å². The third-order valence-corrected chi connectivity index (χ3v) is 5.80. The molecule has 29 heavy (non-hydrogen) atoms. The highest BCUT2D eigenvalue weighted by atomic mass is 32.2. The summed E-state index contributed by atoms with van der Waals surface area (Å²) in [6, 6.07) is 9.17. The second kappa shape index (κ2) is 9.32. The minimum Gasteiger partial charge on any atom is -0.484 e. The van der Waals surface area contributed by atoms with Crippen LogP contribution in [0.4, 0.5) is 5.82 Å². The first-order chi connectivity index (χ1) is 14.2. The molecule has 1 aromatic heterocycles. The lowest BCUT2D eigenvalue weighted by molar-refractivity contribution is -0.122. The Balaban J connectivity index is 1.36. The van der Waals surface area contributed by atoms with Gasteiger partial charge in [-0.3, -0.25) is 9.59 Å². The minimum atomic E-state index is -0.283. The molecule has 0 bridgehead atoms. The Hall–Kier alpha value is -2.52. The third kappa shape index (κ3) is 5.10. The number of carbonyl (C=O) groups excluding carboxylic acids is 2. The predicted molar refractivity (Wildman–Crippen MR) is 110 cm³/mol. The fraction of sp³-hybridized carbons (Fsp3) is 0.450. The maximum Gasteiger partial charge on any atom is 0.263 e. The number of ether oxygens (including phenoxy) is 2. The van der Waals surface area contributed by atoms with E-state index < -0.39 is 0 Å². The molecule has 9 heteroatoms. The first-order valence-electron chi connectivity index (χ1n) is 9.71. The molecular formula is C20H24N4O4S. The number of anilines is 1. The van der Waals surface area contributed by atoms with Crippen molar-refractivity contribution in [3.8, 4) is 5.75 Å². The highest BCUT2D eigenvalue weighted by molar-refractivity contribution is 7.98. The number of benzene rings is 1. The SMILES string of the molecule is O=C(Cn1nc2c(c1NC(=O)COc1ccccc1)CSC2)NC[C@@H]1CCCO1. The molecule has 0 spiro atoms. The number of carbonyl (C=O) groups is 2. The Morgan fingerprint density at radius 1 is 1.24 bits per heavy atom. The first kappa shape index (κ1) is 19.8. The van der Waals surface area contributed by atoms with Crippen molar-refractivity contribution < 1.29 is 19.1 Å². The van der Waals surface area contributed by atoms with Crippen LogP contribution in [0.3, 0.4) is 0 Å². The number of nitrogens with zero attached hydrogens (tertiary/aromatic N) is 2. The van der Waals surface area contributed by atoms with E-state index in [1.807, 2.05) is 18.2 Å². The van der Waals surface area contributed by atoms with E-state index in [2.05, 4.69) is 15.7 Å². The summed E-state index contributed by atoms with van der Waals surface area (Å²) < 4.78 is 12.6. The van der Waals surface area contributed by atoms with Crippen LogP contribution in [0.15, 0.2) is 30.3 Å². The Morgan fingerprint density at radius 2 is 2.10 bits per heavy atom. The number of aromatic nitrogens is 2. The van der Waals surface area contributed by atoms with Crippen LogP contribution in [0.25, 0.3) is 0 Å². The molecule has 1 aromatic carbocycles. The lowest BCUT2D eigenvalue weighted by Crippen LogP contribution is -2.35. The van der Waals surface area contributed by atoms with E-state index in [-0.39, 0.29) is 31.1 Å². The van der Waals surface area contributed by atoms with Gasteiger partial charge in [-0.25, -0.2) is 4.68 Å². The van der Waals surface area contributed by atoms with Gasteiger partial charge >= 0.3 is 0 Å². The Bertz CT molecular complexity index is 865. The maximum absolute atomic E-state index is 12.4. The Kier molecular flexibility index (Phi) is 6.36. The van der Waals surface area contributed by atoms with Gasteiger partial charge in [0.1, 0.15) is 18.1 Å². The average molecular weight is 417 g/mol. The van der Waals surface area contributed by atoms with Crippen LogP contribution in [0.2, 0.25) is 0 Å². The minimum absolute atomic E-state index is 0.0551. The monoisotopic (exact) mass is 416 g/mol. The number of fused-ring (bicyclic) bond motifs is 1. The molecule has 2 aliphatic heterocycles. The summed E-state index contributed by atoms with van der Waals surface area (Å²) in [6.45, 7) is 1.20. The molecule has 154 valence electrons. The molecule has 8 nitrogen and oxygen atoms in total. The topological polar surface area (TPSA) is 94.5 Å². The molecular weight excluding hydrogens is 392 g/mol. The lowest BCUT2D eigenvalue weighted by Gasteiger charge is -2.13. The van der Waals surface area contributed by atoms with Crippen LogP contribution < -0.4 is 15.4 Å². The zero-order valence-corrected chi connectivity index (χ0v) is 16.9. The van der Waals surface area contributed by atoms with Crippen molar-refractivity contribution >= 4 is 29.4 Å². The van der Waals surface area contributed by atoms with Gasteiger partial charge in [-0.05, 0) is 25.0 Å². The van der Waals surface area contributed by atoms with Gasteiger partial charge in [0.25, 0.3) is 5.91 Å². The molecule has 1 saturated heterocycles. The van der Waals surface area contributed by atoms with Crippen molar-refractivity contribution in [2.75, 3.05) is 25.1 Å². The first-order valence-corrected chi connectivity index (χ1v) is 10.9. The maximum atomic E-state index is 12.4. The standard InChI is InChI=1S/C20H24N4O4S/c25-18(21-9-15-7-4-8-27-15)10-24-20(16-12-29-13-17(16)23-24)22-19(26)11-28-14-5-2-1-3-6-14/h1-3,5-6,15H,4,7-13H2,(H,21,25)(H,22,26)/t15-/m0/s1. The fourth-order valence-electron chi connectivity index (χ4n) is 3.38. The largest absolute Gasteiger partial charge is 0.484 e.